The van der Waals surface area contributed by atoms with E-state index in [2.05, 4.69) is 36.9 Å². The fourth-order valence-electron chi connectivity index (χ4n) is 9.65. The summed E-state index contributed by atoms with van der Waals surface area (Å²) in [5.74, 6) is -3.76. The topological polar surface area (TPSA) is 281 Å². The van der Waals surface area contributed by atoms with Gasteiger partial charge in [0.05, 0.1) is 6.54 Å². The fraction of sp³-hybridized carbons (Fsp3) is 0.328. The number of carbonyl (C=O) groups is 7. The van der Waals surface area contributed by atoms with Gasteiger partial charge < -0.3 is 62.7 Å². The van der Waals surface area contributed by atoms with Crippen molar-refractivity contribution < 1.29 is 43.0 Å². The molecule has 0 aliphatic carbocycles. The number of carbonyl (C=O) groups excluding carboxylic acids is 7. The second kappa shape index (κ2) is 26.8. The predicted octanol–water partition coefficient (Wildman–Crippen LogP) is 3.37. The van der Waals surface area contributed by atoms with E-state index < -0.39 is 83.9 Å². The van der Waals surface area contributed by atoms with E-state index in [9.17, 15) is 24.0 Å². The van der Waals surface area contributed by atoms with Gasteiger partial charge in [0.15, 0.2) is 0 Å². The molecule has 2 fully saturated rings. The van der Waals surface area contributed by atoms with Gasteiger partial charge in [-0.25, -0.2) is 4.79 Å². The average Bonchev–Trinajstić information content (AvgIpc) is 4.08. The highest BCUT2D eigenvalue weighted by Gasteiger charge is 2.45. The first-order valence-electron chi connectivity index (χ1n) is 26.0. The molecule has 0 radical (unpaired) electrons. The van der Waals surface area contributed by atoms with Gasteiger partial charge in [-0.15, -0.1) is 0 Å². The van der Waals surface area contributed by atoms with Gasteiger partial charge >= 0.3 is 6.09 Å². The lowest BCUT2D eigenvalue weighted by Crippen LogP contribution is -2.61. The molecule has 402 valence electrons. The van der Waals surface area contributed by atoms with Crippen LogP contribution < -0.4 is 48.1 Å². The van der Waals surface area contributed by atoms with Gasteiger partial charge in [-0.05, 0) is 71.8 Å². The van der Waals surface area contributed by atoms with E-state index in [0.29, 0.717) is 54.0 Å². The summed E-state index contributed by atoms with van der Waals surface area (Å²) in [6.07, 6.45) is 0.652. The lowest BCUT2D eigenvalue weighted by atomic mass is 9.99. The zero-order chi connectivity index (χ0) is 54.1. The lowest BCUT2D eigenvalue weighted by Gasteiger charge is -2.32. The summed E-state index contributed by atoms with van der Waals surface area (Å²) in [6.45, 7) is 0.617. The molecule has 11 N–H and O–H groups in total. The van der Waals surface area contributed by atoms with Crippen LogP contribution in [0.4, 0.5) is 4.79 Å². The number of hydrogen-bond acceptors (Lipinski definition) is 11. The minimum absolute atomic E-state index is 0.0385. The summed E-state index contributed by atoms with van der Waals surface area (Å²) in [4.78, 5) is 107. The standard InChI is InChI=1S/C58H66N10O9/c59-27-13-12-22-46-52(69)64-47(30-38-23-25-42(26-24-38)76-36-39-16-6-2-7-17-39)53(70)66-49(31-37-14-4-1-5-15-37)57(74)68-35-43(77-58(75)61-29-28-60)33-50(68)55(72)67-51(40-18-8-3-9-19-40)56(73)65-48(54(71)63-46)32-41-34-62-45-21-11-10-20-44(41)45/h1-11,14-21,23-26,34,43,46-51,62H,12-13,22,27-33,35-36,59-60H2,(H,61,75)(H,63,71)(H,64,69)(H,65,73)(H,66,70)(H,67,72)/t43?,46-,47+,48-,49+,50+,51+/m1/s1. The number of alkyl carbamates (subject to hydrolysis) is 1. The summed E-state index contributed by atoms with van der Waals surface area (Å²) in [6, 6.07) is 33.6. The van der Waals surface area contributed by atoms with Crippen LogP contribution in [0.25, 0.3) is 10.9 Å². The third-order valence-electron chi connectivity index (χ3n) is 13.7. The molecular formula is C58H66N10O9. The van der Waals surface area contributed by atoms with Gasteiger partial charge in [0, 0.05) is 55.9 Å². The van der Waals surface area contributed by atoms with Gasteiger partial charge in [0.1, 0.15) is 54.7 Å². The van der Waals surface area contributed by atoms with Crippen LogP contribution in [0.2, 0.25) is 0 Å². The minimum atomic E-state index is -1.42. The van der Waals surface area contributed by atoms with E-state index in [-0.39, 0.29) is 51.7 Å². The van der Waals surface area contributed by atoms with Gasteiger partial charge in [-0.3, -0.25) is 28.8 Å². The third-order valence-corrected chi connectivity index (χ3v) is 13.7. The van der Waals surface area contributed by atoms with Crippen molar-refractivity contribution in [2.45, 2.75) is 93.9 Å². The molecule has 6 aromatic rings. The number of para-hydroxylation sites is 1. The number of nitrogens with zero attached hydrogens (tertiary/aromatic N) is 1. The van der Waals surface area contributed by atoms with Crippen molar-refractivity contribution in [3.63, 3.8) is 0 Å². The second-order valence-electron chi connectivity index (χ2n) is 19.2. The predicted molar refractivity (Wildman–Crippen MR) is 288 cm³/mol. The maximum atomic E-state index is 15.3. The highest BCUT2D eigenvalue weighted by Crippen LogP contribution is 2.26. The number of benzene rings is 5. The largest absolute Gasteiger partial charge is 0.489 e. The molecule has 2 aliphatic heterocycles. The molecule has 19 heteroatoms. The first-order chi connectivity index (χ1) is 37.5. The van der Waals surface area contributed by atoms with Crippen LogP contribution >= 0.6 is 0 Å². The zero-order valence-corrected chi connectivity index (χ0v) is 42.7. The number of rotatable bonds is 17. The number of aromatic amines is 1. The molecule has 2 saturated heterocycles. The Kier molecular flexibility index (Phi) is 19.0. The molecule has 1 unspecified atom stereocenters. The Hall–Kier alpha value is -8.55. The number of unbranched alkanes of at least 4 members (excludes halogenated alkanes) is 1. The first-order valence-corrected chi connectivity index (χ1v) is 26.0. The van der Waals surface area contributed by atoms with Crippen molar-refractivity contribution in [2.75, 3.05) is 26.2 Å². The van der Waals surface area contributed by atoms with Gasteiger partial charge in [-0.2, -0.15) is 0 Å². The van der Waals surface area contributed by atoms with Crippen LogP contribution in [0.15, 0.2) is 146 Å². The van der Waals surface area contributed by atoms with Crippen molar-refractivity contribution >= 4 is 52.4 Å². The maximum Gasteiger partial charge on any atom is 0.407 e. The van der Waals surface area contributed by atoms with Gasteiger partial charge in [0.2, 0.25) is 35.4 Å². The molecule has 19 nitrogen and oxygen atoms in total. The summed E-state index contributed by atoms with van der Waals surface area (Å²) in [5, 5.41) is 17.9. The number of amides is 7. The molecule has 3 heterocycles. The number of ether oxygens (including phenoxy) is 2. The van der Waals surface area contributed by atoms with E-state index in [1.807, 2.05) is 60.7 Å². The lowest BCUT2D eigenvalue weighted by molar-refractivity contribution is -0.143. The Bertz CT molecular complexity index is 2960. The Morgan fingerprint density at radius 3 is 1.87 bits per heavy atom. The SMILES string of the molecule is NCCCC[C@H]1NC(=O)[C@@H](Cc2c[nH]c3ccccc23)NC(=O)[C@H](c2ccccc2)NC(=O)[C@@H]2CC(OC(=O)NCCN)CN2C(=O)[C@H](Cc2ccccc2)NC(=O)[C@H](Cc2ccc(OCc3ccccc3)cc2)NC1=O. The molecule has 2 aliphatic rings. The summed E-state index contributed by atoms with van der Waals surface area (Å²) >= 11 is 0. The molecule has 8 rings (SSSR count). The number of aromatic nitrogens is 1. The number of nitrogens with one attached hydrogen (secondary N) is 7. The van der Waals surface area contributed by atoms with Crippen molar-refractivity contribution in [1.29, 1.82) is 0 Å². The van der Waals surface area contributed by atoms with Crippen LogP contribution in [0.5, 0.6) is 5.75 Å². The average molecular weight is 1050 g/mol. The van der Waals surface area contributed by atoms with Gasteiger partial charge in [0.25, 0.3) is 0 Å². The van der Waals surface area contributed by atoms with E-state index in [1.54, 1.807) is 85.1 Å². The normalized spacial score (nSPS) is 21.6. The highest BCUT2D eigenvalue weighted by molar-refractivity contribution is 5.99. The molecule has 7 atom stereocenters. The van der Waals surface area contributed by atoms with E-state index in [1.165, 1.54) is 4.90 Å². The van der Waals surface area contributed by atoms with Crippen molar-refractivity contribution in [3.8, 4) is 5.75 Å². The Labute approximate surface area is 446 Å². The maximum absolute atomic E-state index is 15.3. The molecule has 77 heavy (non-hydrogen) atoms. The second-order valence-corrected chi connectivity index (χ2v) is 19.2. The Morgan fingerprint density at radius 1 is 0.584 bits per heavy atom. The van der Waals surface area contributed by atoms with E-state index >= 15 is 9.59 Å². The summed E-state index contributed by atoms with van der Waals surface area (Å²) < 4.78 is 11.8. The molecule has 0 spiro atoms. The smallest absolute Gasteiger partial charge is 0.407 e. The Morgan fingerprint density at radius 2 is 1.17 bits per heavy atom. The molecule has 1 aromatic heterocycles. The highest BCUT2D eigenvalue weighted by atomic mass is 16.6. The quantitative estimate of drug-likeness (QED) is 0.0598. The molecule has 0 bridgehead atoms. The monoisotopic (exact) mass is 1050 g/mol. The first kappa shape index (κ1) is 54.7. The van der Waals surface area contributed by atoms with Crippen LogP contribution in [-0.2, 0) is 59.4 Å². The minimum Gasteiger partial charge on any atom is -0.489 e. The molecule has 5 aromatic carbocycles. The van der Waals surface area contributed by atoms with Gasteiger partial charge in [-0.1, -0.05) is 121 Å². The Balaban J connectivity index is 1.19. The molecular weight excluding hydrogens is 981 g/mol. The number of fused-ring (bicyclic) bond motifs is 2. The van der Waals surface area contributed by atoms with Crippen LogP contribution in [0.1, 0.15) is 59.5 Å². The van der Waals surface area contributed by atoms with Crippen molar-refractivity contribution in [3.05, 3.63) is 174 Å². The number of H-pyrrole nitrogens is 1. The summed E-state index contributed by atoms with van der Waals surface area (Å²) in [5.41, 5.74) is 15.7. The number of nitrogens with two attached hydrogens (primary N) is 2. The van der Waals surface area contributed by atoms with Crippen molar-refractivity contribution in [2.24, 2.45) is 11.5 Å². The number of hydrogen-bond donors (Lipinski definition) is 9. The van der Waals surface area contributed by atoms with Crippen LogP contribution in [-0.4, -0.2) is 114 Å². The summed E-state index contributed by atoms with van der Waals surface area (Å²) in [7, 11) is 0. The third kappa shape index (κ3) is 14.9. The molecule has 7 amide bonds. The molecule has 0 saturated carbocycles. The van der Waals surface area contributed by atoms with Crippen LogP contribution in [0, 0.1) is 0 Å². The van der Waals surface area contributed by atoms with Crippen molar-refractivity contribution in [1.82, 2.24) is 41.8 Å². The van der Waals surface area contributed by atoms with E-state index in [4.69, 9.17) is 20.9 Å². The zero-order valence-electron chi connectivity index (χ0n) is 42.7. The van der Waals surface area contributed by atoms with Crippen LogP contribution in [0.3, 0.4) is 0 Å². The fourth-order valence-corrected chi connectivity index (χ4v) is 9.65. The van der Waals surface area contributed by atoms with E-state index in [0.717, 1.165) is 16.5 Å².